The van der Waals surface area contributed by atoms with Crippen molar-refractivity contribution in [1.29, 1.82) is 0 Å². The van der Waals surface area contributed by atoms with E-state index in [1.165, 1.54) is 0 Å². The monoisotopic (exact) mass is 468 g/mol. The first kappa shape index (κ1) is 21.4. The van der Waals surface area contributed by atoms with E-state index in [1.807, 2.05) is 47.2 Å². The molecule has 1 N–H and O–H groups in total. The van der Waals surface area contributed by atoms with Crippen molar-refractivity contribution in [2.24, 2.45) is 0 Å². The van der Waals surface area contributed by atoms with Crippen LogP contribution < -0.4 is 13.8 Å². The van der Waals surface area contributed by atoms with Gasteiger partial charge in [-0.2, -0.15) is 8.42 Å². The lowest BCUT2D eigenvalue weighted by molar-refractivity contribution is -0.117. The van der Waals surface area contributed by atoms with Crippen LogP contribution in [0.4, 0.5) is 10.1 Å². The van der Waals surface area contributed by atoms with Crippen LogP contribution >= 0.6 is 0 Å². The van der Waals surface area contributed by atoms with Gasteiger partial charge in [-0.25, -0.2) is 13.4 Å². The molecule has 0 saturated carbocycles. The van der Waals surface area contributed by atoms with Crippen LogP contribution in [-0.4, -0.2) is 34.1 Å². The Kier molecular flexibility index (Phi) is 5.51. The molecule has 3 aromatic carbocycles. The minimum absolute atomic E-state index is 0.0388. The first-order valence-corrected chi connectivity index (χ1v) is 11.9. The highest BCUT2D eigenvalue weighted by atomic mass is 32.2. The molecule has 2 aliphatic heterocycles. The first-order valence-electron chi connectivity index (χ1n) is 10.5. The number of rotatable bonds is 5. The summed E-state index contributed by atoms with van der Waals surface area (Å²) >= 11 is 0. The van der Waals surface area contributed by atoms with E-state index in [9.17, 15) is 13.2 Å². The van der Waals surface area contributed by atoms with E-state index < -0.39 is 28.5 Å². The number of carbonyl (C=O) groups is 1. The molecule has 2 heterocycles. The van der Waals surface area contributed by atoms with Gasteiger partial charge in [-0.3, -0.25) is 4.79 Å². The first-order chi connectivity index (χ1) is 15.9. The minimum Gasteiger partial charge on any atom is -0.487 e. The van der Waals surface area contributed by atoms with Crippen LogP contribution in [0.5, 0.6) is 5.75 Å². The van der Waals surface area contributed by atoms with Crippen molar-refractivity contribution in [1.82, 2.24) is 4.72 Å². The molecule has 7 nitrogen and oxygen atoms in total. The number of anilines is 1. The molecule has 1 saturated heterocycles. The van der Waals surface area contributed by atoms with Crippen molar-refractivity contribution in [2.75, 3.05) is 24.1 Å². The van der Waals surface area contributed by atoms with E-state index in [4.69, 9.17) is 9.47 Å². The summed E-state index contributed by atoms with van der Waals surface area (Å²) in [4.78, 5) is 11.9. The number of amides is 1. The van der Waals surface area contributed by atoms with Gasteiger partial charge in [0.1, 0.15) is 24.6 Å². The van der Waals surface area contributed by atoms with Crippen molar-refractivity contribution in [3.63, 3.8) is 0 Å². The molecule has 33 heavy (non-hydrogen) atoms. The number of hydrogen-bond acceptors (Lipinski definition) is 5. The summed E-state index contributed by atoms with van der Waals surface area (Å²) in [5.74, 6) is -1.46. The molecule has 0 unspecified atom stereocenters. The Morgan fingerprint density at radius 3 is 2.64 bits per heavy atom. The molecular weight excluding hydrogens is 447 g/mol. The predicted molar refractivity (Wildman–Crippen MR) is 123 cm³/mol. The van der Waals surface area contributed by atoms with Crippen LogP contribution in [-0.2, 0) is 26.3 Å². The van der Waals surface area contributed by atoms with Crippen LogP contribution in [0.25, 0.3) is 16.3 Å². The molecule has 0 aliphatic carbocycles. The lowest BCUT2D eigenvalue weighted by Gasteiger charge is -2.21. The smallest absolute Gasteiger partial charge is 0.326 e. The maximum Gasteiger partial charge on any atom is 0.326 e. The van der Waals surface area contributed by atoms with Crippen LogP contribution in [0.2, 0.25) is 0 Å². The standard InChI is InChI=1S/C24H21FN2O5S/c25-23-20-11-17(19-7-4-10-31-15-19)8-9-18(20)12-21(32-14-16-5-2-1-3-6-16)24(23)27-13-22(28)26-33(27,29)30/h1-3,5-9,11-12H,4,10,13-15H2,(H,26,28). The normalized spacial score (nSPS) is 17.7. The lowest BCUT2D eigenvalue weighted by Crippen LogP contribution is -2.30. The Labute approximate surface area is 190 Å². The van der Waals surface area contributed by atoms with Crippen molar-refractivity contribution in [3.05, 3.63) is 77.6 Å². The Bertz CT molecular complexity index is 1370. The van der Waals surface area contributed by atoms with Gasteiger partial charge in [0.25, 0.3) is 5.91 Å². The molecule has 1 amide bonds. The van der Waals surface area contributed by atoms with Gasteiger partial charge < -0.3 is 9.47 Å². The van der Waals surface area contributed by atoms with Crippen LogP contribution in [0.3, 0.4) is 0 Å². The van der Waals surface area contributed by atoms with Gasteiger partial charge in [-0.15, -0.1) is 0 Å². The second-order valence-electron chi connectivity index (χ2n) is 7.86. The number of fused-ring (bicyclic) bond motifs is 1. The number of ether oxygens (including phenoxy) is 2. The Morgan fingerprint density at radius 1 is 1.12 bits per heavy atom. The zero-order valence-corrected chi connectivity index (χ0v) is 18.4. The molecule has 9 heteroatoms. The molecule has 170 valence electrons. The fourth-order valence-corrected chi connectivity index (χ4v) is 5.16. The number of halogens is 1. The van der Waals surface area contributed by atoms with Crippen molar-refractivity contribution in [2.45, 2.75) is 13.0 Å². The summed E-state index contributed by atoms with van der Waals surface area (Å²) in [6.07, 6.45) is 2.82. The summed E-state index contributed by atoms with van der Waals surface area (Å²) in [6, 6.07) is 16.2. The highest BCUT2D eigenvalue weighted by molar-refractivity contribution is 7.92. The molecule has 1 fully saturated rings. The molecule has 5 rings (SSSR count). The van der Waals surface area contributed by atoms with E-state index in [2.05, 4.69) is 0 Å². The van der Waals surface area contributed by atoms with Crippen LogP contribution in [0.15, 0.2) is 60.7 Å². The molecule has 2 aliphatic rings. The number of carbonyl (C=O) groups excluding carboxylic acids is 1. The zero-order chi connectivity index (χ0) is 23.0. The highest BCUT2D eigenvalue weighted by Gasteiger charge is 2.38. The van der Waals surface area contributed by atoms with E-state index in [0.29, 0.717) is 18.6 Å². The second-order valence-corrected chi connectivity index (χ2v) is 9.45. The van der Waals surface area contributed by atoms with Crippen LogP contribution in [0.1, 0.15) is 17.5 Å². The molecule has 0 atom stereocenters. The molecule has 3 aromatic rings. The molecule has 0 bridgehead atoms. The summed E-state index contributed by atoms with van der Waals surface area (Å²) < 4.78 is 55.0. The van der Waals surface area contributed by atoms with Gasteiger partial charge in [0.05, 0.1) is 13.2 Å². The Hall–Kier alpha value is -3.43. The molecular formula is C24H21FN2O5S. The predicted octanol–water partition coefficient (Wildman–Crippen LogP) is 3.54. The average molecular weight is 469 g/mol. The van der Waals surface area contributed by atoms with E-state index in [-0.39, 0.29) is 23.4 Å². The molecule has 0 spiro atoms. The number of nitrogens with zero attached hydrogens (tertiary/aromatic N) is 1. The fourth-order valence-electron chi connectivity index (χ4n) is 4.00. The van der Waals surface area contributed by atoms with E-state index in [1.54, 1.807) is 18.2 Å². The molecule has 0 aromatic heterocycles. The highest BCUT2D eigenvalue weighted by Crippen LogP contribution is 2.40. The summed E-state index contributed by atoms with van der Waals surface area (Å²) in [5.41, 5.74) is 2.28. The van der Waals surface area contributed by atoms with Gasteiger partial charge in [-0.05, 0) is 40.6 Å². The van der Waals surface area contributed by atoms with Gasteiger partial charge >= 0.3 is 10.2 Å². The van der Waals surface area contributed by atoms with Gasteiger partial charge in [-0.1, -0.05) is 48.5 Å². The third kappa shape index (κ3) is 4.17. The fraction of sp³-hybridized carbons (Fsp3) is 0.208. The van der Waals surface area contributed by atoms with Crippen molar-refractivity contribution in [3.8, 4) is 5.75 Å². The van der Waals surface area contributed by atoms with Gasteiger partial charge in [0.15, 0.2) is 5.82 Å². The Morgan fingerprint density at radius 2 is 1.94 bits per heavy atom. The largest absolute Gasteiger partial charge is 0.487 e. The summed E-state index contributed by atoms with van der Waals surface area (Å²) in [6.45, 7) is 0.657. The third-order valence-electron chi connectivity index (χ3n) is 5.61. The van der Waals surface area contributed by atoms with Gasteiger partial charge in [0.2, 0.25) is 0 Å². The zero-order valence-electron chi connectivity index (χ0n) is 17.6. The van der Waals surface area contributed by atoms with Crippen LogP contribution in [0, 0.1) is 5.82 Å². The third-order valence-corrected chi connectivity index (χ3v) is 6.98. The van der Waals surface area contributed by atoms with Gasteiger partial charge in [0, 0.05) is 5.39 Å². The maximum absolute atomic E-state index is 15.9. The maximum atomic E-state index is 15.9. The van der Waals surface area contributed by atoms with E-state index in [0.717, 1.165) is 27.4 Å². The lowest BCUT2D eigenvalue weighted by atomic mass is 9.99. The second kappa shape index (κ2) is 8.49. The summed E-state index contributed by atoms with van der Waals surface area (Å²) in [5, 5.41) is 0.784. The quantitative estimate of drug-likeness (QED) is 0.619. The minimum atomic E-state index is -4.23. The average Bonchev–Trinajstić information content (AvgIpc) is 3.10. The number of hydrogen-bond donors (Lipinski definition) is 1. The molecule has 0 radical (unpaired) electrons. The Balaban J connectivity index is 1.64. The SMILES string of the molecule is O=C1CN(c2c(OCc3ccccc3)cc3ccc(C4=CCCOC4)cc3c2F)S(=O)(=O)N1. The van der Waals surface area contributed by atoms with E-state index >= 15 is 4.39 Å². The number of benzene rings is 3. The summed E-state index contributed by atoms with van der Waals surface area (Å²) in [7, 11) is -4.23. The number of nitrogens with one attached hydrogen (secondary N) is 1. The van der Waals surface area contributed by atoms with Crippen molar-refractivity contribution >= 4 is 38.1 Å². The van der Waals surface area contributed by atoms with Crippen molar-refractivity contribution < 1.29 is 27.1 Å². The topological polar surface area (TPSA) is 84.9 Å².